The van der Waals surface area contributed by atoms with E-state index in [-0.39, 0.29) is 23.8 Å². The summed E-state index contributed by atoms with van der Waals surface area (Å²) in [5.41, 5.74) is 0.969. The van der Waals surface area contributed by atoms with Crippen molar-refractivity contribution in [1.82, 2.24) is 10.6 Å². The quantitative estimate of drug-likeness (QED) is 0.422. The number of halogens is 1. The van der Waals surface area contributed by atoms with Gasteiger partial charge in [0.15, 0.2) is 0 Å². The molecule has 0 spiro atoms. The van der Waals surface area contributed by atoms with Crippen LogP contribution < -0.4 is 15.4 Å². The van der Waals surface area contributed by atoms with Crippen molar-refractivity contribution in [3.63, 3.8) is 0 Å². The van der Waals surface area contributed by atoms with Crippen molar-refractivity contribution in [2.75, 3.05) is 13.1 Å². The van der Waals surface area contributed by atoms with E-state index in [0.717, 1.165) is 31.2 Å². The molecule has 2 aromatic rings. The van der Waals surface area contributed by atoms with Crippen LogP contribution in [0.4, 0.5) is 0 Å². The van der Waals surface area contributed by atoms with E-state index in [1.54, 1.807) is 24.3 Å². The predicted octanol–water partition coefficient (Wildman–Crippen LogP) is 4.72. The van der Waals surface area contributed by atoms with E-state index in [9.17, 15) is 14.4 Å². The number of aliphatic carboxylic acids is 1. The predicted molar refractivity (Wildman–Crippen MR) is 137 cm³/mol. The Kier molecular flexibility index (Phi) is 8.52. The van der Waals surface area contributed by atoms with Gasteiger partial charge in [0.1, 0.15) is 5.75 Å². The summed E-state index contributed by atoms with van der Waals surface area (Å²) in [6, 6.07) is 14.5. The number of carbonyl (C=O) groups is 3. The van der Waals surface area contributed by atoms with Crippen molar-refractivity contribution >= 4 is 29.4 Å². The molecule has 192 valence electrons. The SMILES string of the molecule is O=C(NCCNC(=O)C1(c2ccc(Cl)cc2)CCCC1)c1ccc(OC2CCC(C(=O)O)CC2)cc1. The highest BCUT2D eigenvalue weighted by molar-refractivity contribution is 6.30. The molecule has 4 rings (SSSR count). The first kappa shape index (κ1) is 26.0. The normalized spacial score (nSPS) is 20.9. The van der Waals surface area contributed by atoms with Crippen LogP contribution in [0.1, 0.15) is 67.3 Å². The lowest BCUT2D eigenvalue weighted by atomic mass is 9.78. The molecule has 2 aliphatic carbocycles. The smallest absolute Gasteiger partial charge is 0.306 e. The van der Waals surface area contributed by atoms with Gasteiger partial charge in [0, 0.05) is 23.7 Å². The van der Waals surface area contributed by atoms with E-state index < -0.39 is 11.4 Å². The number of amides is 2. The minimum atomic E-state index is -0.733. The van der Waals surface area contributed by atoms with Gasteiger partial charge in [0.05, 0.1) is 17.4 Å². The van der Waals surface area contributed by atoms with Crippen molar-refractivity contribution in [3.8, 4) is 5.75 Å². The van der Waals surface area contributed by atoms with Gasteiger partial charge in [-0.05, 0) is 80.5 Å². The topological polar surface area (TPSA) is 105 Å². The molecule has 2 aliphatic rings. The molecule has 2 saturated carbocycles. The van der Waals surface area contributed by atoms with Gasteiger partial charge < -0.3 is 20.5 Å². The summed E-state index contributed by atoms with van der Waals surface area (Å²) in [7, 11) is 0. The van der Waals surface area contributed by atoms with E-state index in [1.807, 2.05) is 24.3 Å². The minimum Gasteiger partial charge on any atom is -0.490 e. The summed E-state index contributed by atoms with van der Waals surface area (Å²) < 4.78 is 5.96. The first-order valence-corrected chi connectivity index (χ1v) is 13.1. The highest BCUT2D eigenvalue weighted by atomic mass is 35.5. The van der Waals surface area contributed by atoms with Gasteiger partial charge in [0.2, 0.25) is 5.91 Å². The minimum absolute atomic E-state index is 0.0000729. The van der Waals surface area contributed by atoms with Crippen molar-refractivity contribution in [3.05, 3.63) is 64.7 Å². The average molecular weight is 513 g/mol. The highest BCUT2D eigenvalue weighted by Crippen LogP contribution is 2.41. The first-order chi connectivity index (χ1) is 17.4. The molecule has 36 heavy (non-hydrogen) atoms. The van der Waals surface area contributed by atoms with Crippen LogP contribution in [0.15, 0.2) is 48.5 Å². The molecular weight excluding hydrogens is 480 g/mol. The summed E-state index contributed by atoms with van der Waals surface area (Å²) >= 11 is 6.03. The number of ether oxygens (including phenoxy) is 1. The molecule has 0 radical (unpaired) electrons. The second-order valence-corrected chi connectivity index (χ2v) is 10.2. The van der Waals surface area contributed by atoms with Crippen molar-refractivity contribution in [2.24, 2.45) is 5.92 Å². The highest BCUT2D eigenvalue weighted by Gasteiger charge is 2.42. The van der Waals surface area contributed by atoms with Gasteiger partial charge in [-0.3, -0.25) is 14.4 Å². The molecule has 2 amide bonds. The number of hydrogen-bond acceptors (Lipinski definition) is 4. The van der Waals surface area contributed by atoms with E-state index in [0.29, 0.717) is 55.1 Å². The molecule has 0 saturated heterocycles. The molecular formula is C28H33ClN2O5. The number of carboxylic acid groups (broad SMARTS) is 1. The zero-order valence-electron chi connectivity index (χ0n) is 20.3. The molecule has 0 heterocycles. The summed E-state index contributed by atoms with van der Waals surface area (Å²) in [6.45, 7) is 0.673. The summed E-state index contributed by atoms with van der Waals surface area (Å²) in [5, 5.41) is 15.6. The Bertz CT molecular complexity index is 1060. The second-order valence-electron chi connectivity index (χ2n) is 9.76. The second kappa shape index (κ2) is 11.8. The fraction of sp³-hybridized carbons (Fsp3) is 0.464. The zero-order chi connectivity index (χ0) is 25.5. The third-order valence-corrected chi connectivity index (χ3v) is 7.68. The third-order valence-electron chi connectivity index (χ3n) is 7.43. The Morgan fingerprint density at radius 1 is 0.889 bits per heavy atom. The van der Waals surface area contributed by atoms with E-state index in [1.165, 1.54) is 0 Å². The maximum atomic E-state index is 13.1. The molecule has 2 aromatic carbocycles. The Morgan fingerprint density at radius 3 is 2.11 bits per heavy atom. The monoisotopic (exact) mass is 512 g/mol. The first-order valence-electron chi connectivity index (χ1n) is 12.7. The van der Waals surface area contributed by atoms with Crippen molar-refractivity contribution in [2.45, 2.75) is 62.9 Å². The van der Waals surface area contributed by atoms with Gasteiger partial charge in [-0.25, -0.2) is 0 Å². The van der Waals surface area contributed by atoms with Crippen LogP contribution in [0.25, 0.3) is 0 Å². The largest absolute Gasteiger partial charge is 0.490 e. The van der Waals surface area contributed by atoms with Gasteiger partial charge in [-0.2, -0.15) is 0 Å². The molecule has 0 atom stereocenters. The zero-order valence-corrected chi connectivity index (χ0v) is 21.1. The van der Waals surface area contributed by atoms with Gasteiger partial charge in [-0.1, -0.05) is 36.6 Å². The molecule has 2 fully saturated rings. The number of carboxylic acids is 1. The number of hydrogen-bond donors (Lipinski definition) is 3. The van der Waals surface area contributed by atoms with Gasteiger partial charge in [-0.15, -0.1) is 0 Å². The number of nitrogens with one attached hydrogen (secondary N) is 2. The van der Waals surface area contributed by atoms with E-state index in [2.05, 4.69) is 10.6 Å². The van der Waals surface area contributed by atoms with Crippen molar-refractivity contribution in [1.29, 1.82) is 0 Å². The number of rotatable bonds is 9. The van der Waals surface area contributed by atoms with Crippen LogP contribution in [-0.4, -0.2) is 42.1 Å². The molecule has 0 bridgehead atoms. The van der Waals surface area contributed by atoms with Crippen LogP contribution >= 0.6 is 11.6 Å². The maximum Gasteiger partial charge on any atom is 0.306 e. The summed E-state index contributed by atoms with van der Waals surface area (Å²) in [5.74, 6) is -0.562. The Morgan fingerprint density at radius 2 is 1.50 bits per heavy atom. The molecule has 8 heteroatoms. The van der Waals surface area contributed by atoms with E-state index in [4.69, 9.17) is 21.4 Å². The Hall–Kier alpha value is -3.06. The van der Waals surface area contributed by atoms with E-state index >= 15 is 0 Å². The standard InChI is InChI=1S/C28H33ClN2O5/c29-22-9-7-21(8-10-22)28(15-1-2-16-28)27(35)31-18-17-30-25(32)19-3-11-23(12-4-19)36-24-13-5-20(6-14-24)26(33)34/h3-4,7-12,20,24H,1-2,5-6,13-18H2,(H,30,32)(H,31,35)(H,33,34). The Balaban J connectivity index is 1.22. The third kappa shape index (κ3) is 6.19. The van der Waals surface area contributed by atoms with Crippen molar-refractivity contribution < 1.29 is 24.2 Å². The lowest BCUT2D eigenvalue weighted by molar-refractivity contribution is -0.143. The summed E-state index contributed by atoms with van der Waals surface area (Å²) in [4.78, 5) is 36.7. The fourth-order valence-corrected chi connectivity index (χ4v) is 5.45. The van der Waals surface area contributed by atoms with Crippen LogP contribution in [0.5, 0.6) is 5.75 Å². The maximum absolute atomic E-state index is 13.1. The molecule has 3 N–H and O–H groups in total. The number of benzene rings is 2. The lowest BCUT2D eigenvalue weighted by Gasteiger charge is -2.28. The van der Waals surface area contributed by atoms with Crippen LogP contribution in [0.2, 0.25) is 5.02 Å². The summed E-state index contributed by atoms with van der Waals surface area (Å²) in [6.07, 6.45) is 6.31. The van der Waals surface area contributed by atoms with Crippen LogP contribution in [0, 0.1) is 5.92 Å². The lowest BCUT2D eigenvalue weighted by Crippen LogP contribution is -2.45. The molecule has 0 aliphatic heterocycles. The fourth-order valence-electron chi connectivity index (χ4n) is 5.32. The Labute approximate surface area is 216 Å². The number of carbonyl (C=O) groups excluding carboxylic acids is 2. The van der Waals surface area contributed by atoms with Gasteiger partial charge in [0.25, 0.3) is 5.91 Å². The van der Waals surface area contributed by atoms with Gasteiger partial charge >= 0.3 is 5.97 Å². The molecule has 0 aromatic heterocycles. The average Bonchev–Trinajstić information content (AvgIpc) is 3.39. The molecule has 7 nitrogen and oxygen atoms in total. The molecule has 0 unspecified atom stereocenters. The van der Waals surface area contributed by atoms with Crippen LogP contribution in [0.3, 0.4) is 0 Å². The van der Waals surface area contributed by atoms with Crippen LogP contribution in [-0.2, 0) is 15.0 Å².